The zero-order valence-electron chi connectivity index (χ0n) is 23.1. The molecule has 4 atom stereocenters. The number of ketones is 3. The predicted octanol–water partition coefficient (Wildman–Crippen LogP) is 8.05. The first-order chi connectivity index (χ1) is 16.7. The Hall–Kier alpha value is -1.77. The van der Waals surface area contributed by atoms with Gasteiger partial charge in [0.15, 0.2) is 5.78 Å². The van der Waals surface area contributed by atoms with Gasteiger partial charge < -0.3 is 0 Å². The van der Waals surface area contributed by atoms with Gasteiger partial charge in [0.1, 0.15) is 11.6 Å². The van der Waals surface area contributed by atoms with Crippen LogP contribution < -0.4 is 0 Å². The summed E-state index contributed by atoms with van der Waals surface area (Å²) in [5.41, 5.74) is 4.78. The highest BCUT2D eigenvalue weighted by Gasteiger charge is 2.34. The molecule has 1 saturated carbocycles. The Morgan fingerprint density at radius 3 is 2.34 bits per heavy atom. The van der Waals surface area contributed by atoms with Crippen molar-refractivity contribution in [2.75, 3.05) is 0 Å². The molecule has 4 unspecified atom stereocenters. The maximum Gasteiger partial charge on any atom is 0.163 e. The van der Waals surface area contributed by atoms with Crippen LogP contribution in [0.3, 0.4) is 0 Å². The zero-order chi connectivity index (χ0) is 25.7. The minimum Gasteiger partial charge on any atom is -0.300 e. The Morgan fingerprint density at radius 1 is 1.06 bits per heavy atom. The standard InChI is InChI=1S/C32H48O3/c1-7-9-26(28(8-2)30(34)16-21(4)33)17-24-18-27-14-15-29(23(6)32(27)31(35)19-24)22(5)25-12-10-20(3)11-13-25/h14-15,20,22,24-26,28H,7-13,16-19H2,1-6H3. The third-order valence-electron chi connectivity index (χ3n) is 9.25. The number of carbonyl (C=O) groups excluding carboxylic acids is 3. The third-order valence-corrected chi connectivity index (χ3v) is 9.25. The molecule has 3 rings (SSSR count). The van der Waals surface area contributed by atoms with Crippen molar-refractivity contribution in [3.8, 4) is 0 Å². The summed E-state index contributed by atoms with van der Waals surface area (Å²) < 4.78 is 0. The van der Waals surface area contributed by atoms with Gasteiger partial charge in [0.05, 0.1) is 6.42 Å². The summed E-state index contributed by atoms with van der Waals surface area (Å²) in [6, 6.07) is 4.54. The molecule has 1 aromatic rings. The molecule has 1 aromatic carbocycles. The van der Waals surface area contributed by atoms with Crippen LogP contribution in [-0.2, 0) is 16.0 Å². The number of rotatable bonds is 11. The van der Waals surface area contributed by atoms with Crippen LogP contribution in [-0.4, -0.2) is 17.3 Å². The van der Waals surface area contributed by atoms with E-state index in [-0.39, 0.29) is 35.7 Å². The molecule has 1 fully saturated rings. The Morgan fingerprint density at radius 2 is 1.74 bits per heavy atom. The highest BCUT2D eigenvalue weighted by atomic mass is 16.1. The van der Waals surface area contributed by atoms with E-state index in [0.717, 1.165) is 49.5 Å². The zero-order valence-corrected chi connectivity index (χ0v) is 23.1. The highest BCUT2D eigenvalue weighted by Crippen LogP contribution is 2.42. The van der Waals surface area contributed by atoms with E-state index in [4.69, 9.17) is 0 Å². The molecule has 0 amide bonds. The smallest absolute Gasteiger partial charge is 0.163 e. The van der Waals surface area contributed by atoms with Gasteiger partial charge in [0.2, 0.25) is 0 Å². The van der Waals surface area contributed by atoms with Gasteiger partial charge >= 0.3 is 0 Å². The molecule has 3 heteroatoms. The lowest BCUT2D eigenvalue weighted by molar-refractivity contribution is -0.129. The van der Waals surface area contributed by atoms with Crippen molar-refractivity contribution in [2.45, 2.75) is 118 Å². The number of carbonyl (C=O) groups is 3. The normalized spacial score (nSPS) is 25.0. The van der Waals surface area contributed by atoms with E-state index < -0.39 is 0 Å². The Labute approximate surface area is 213 Å². The maximum absolute atomic E-state index is 13.5. The SMILES string of the molecule is CCCC(CC1CC(=O)c2c(ccc(C(C)C3CCC(C)CC3)c2C)C1)C(CC)C(=O)CC(C)=O. The molecule has 0 N–H and O–H groups in total. The minimum absolute atomic E-state index is 0.0468. The maximum atomic E-state index is 13.5. The molecule has 3 nitrogen and oxygen atoms in total. The number of hydrogen-bond donors (Lipinski definition) is 0. The van der Waals surface area contributed by atoms with Crippen molar-refractivity contribution in [1.29, 1.82) is 0 Å². The number of Topliss-reactive ketones (excluding diaryl/α,β-unsaturated/α-hetero) is 3. The van der Waals surface area contributed by atoms with Gasteiger partial charge in [0, 0.05) is 17.9 Å². The Balaban J connectivity index is 1.76. The van der Waals surface area contributed by atoms with Crippen LogP contribution in [0.25, 0.3) is 0 Å². The number of benzene rings is 1. The van der Waals surface area contributed by atoms with Crippen molar-refractivity contribution in [2.24, 2.45) is 29.6 Å². The monoisotopic (exact) mass is 480 g/mol. The van der Waals surface area contributed by atoms with Crippen molar-refractivity contribution >= 4 is 17.3 Å². The van der Waals surface area contributed by atoms with Crippen LogP contribution in [0.1, 0.15) is 132 Å². The predicted molar refractivity (Wildman–Crippen MR) is 144 cm³/mol. The largest absolute Gasteiger partial charge is 0.300 e. The fourth-order valence-corrected chi connectivity index (χ4v) is 7.27. The van der Waals surface area contributed by atoms with Gasteiger partial charge in [-0.15, -0.1) is 0 Å². The molecule has 0 radical (unpaired) electrons. The first-order valence-corrected chi connectivity index (χ1v) is 14.3. The summed E-state index contributed by atoms with van der Waals surface area (Å²) in [4.78, 5) is 37.9. The second-order valence-electron chi connectivity index (χ2n) is 12.0. The van der Waals surface area contributed by atoms with Crippen molar-refractivity contribution in [1.82, 2.24) is 0 Å². The molecule has 2 aliphatic rings. The van der Waals surface area contributed by atoms with Crippen molar-refractivity contribution in [3.63, 3.8) is 0 Å². The average Bonchev–Trinajstić information content (AvgIpc) is 2.79. The van der Waals surface area contributed by atoms with E-state index >= 15 is 0 Å². The van der Waals surface area contributed by atoms with Crippen LogP contribution in [0.4, 0.5) is 0 Å². The van der Waals surface area contributed by atoms with Gasteiger partial charge in [0.25, 0.3) is 0 Å². The van der Waals surface area contributed by atoms with Crippen molar-refractivity contribution < 1.29 is 14.4 Å². The highest BCUT2D eigenvalue weighted by molar-refractivity contribution is 6.00. The molecule has 0 heterocycles. The minimum atomic E-state index is -0.0708. The fraction of sp³-hybridized carbons (Fsp3) is 0.719. The number of fused-ring (bicyclic) bond motifs is 1. The van der Waals surface area contributed by atoms with Gasteiger partial charge in [-0.3, -0.25) is 14.4 Å². The lowest BCUT2D eigenvalue weighted by Crippen LogP contribution is -2.30. The van der Waals surface area contributed by atoms with Gasteiger partial charge in [-0.05, 0) is 92.2 Å². The molecule has 0 aliphatic heterocycles. The van der Waals surface area contributed by atoms with Gasteiger partial charge in [-0.1, -0.05) is 65.5 Å². The van der Waals surface area contributed by atoms with Crippen molar-refractivity contribution in [3.05, 3.63) is 34.4 Å². The van der Waals surface area contributed by atoms with E-state index in [9.17, 15) is 14.4 Å². The molecule has 0 bridgehead atoms. The van der Waals surface area contributed by atoms with E-state index in [0.29, 0.717) is 18.1 Å². The fourth-order valence-electron chi connectivity index (χ4n) is 7.27. The molecule has 0 aromatic heterocycles. The van der Waals surface area contributed by atoms with Crippen LogP contribution in [0.15, 0.2) is 12.1 Å². The summed E-state index contributed by atoms with van der Waals surface area (Å²) in [5, 5.41) is 0. The van der Waals surface area contributed by atoms with Crippen LogP contribution >= 0.6 is 0 Å². The summed E-state index contributed by atoms with van der Waals surface area (Å²) in [7, 11) is 0. The van der Waals surface area contributed by atoms with Crippen LogP contribution in [0.2, 0.25) is 0 Å². The first-order valence-electron chi connectivity index (χ1n) is 14.3. The van der Waals surface area contributed by atoms with E-state index in [1.807, 2.05) is 0 Å². The van der Waals surface area contributed by atoms with E-state index in [1.165, 1.54) is 49.3 Å². The topological polar surface area (TPSA) is 51.2 Å². The number of hydrogen-bond acceptors (Lipinski definition) is 3. The second kappa shape index (κ2) is 12.5. The van der Waals surface area contributed by atoms with E-state index in [2.05, 4.69) is 46.8 Å². The quantitative estimate of drug-likeness (QED) is 0.301. The summed E-state index contributed by atoms with van der Waals surface area (Å²) >= 11 is 0. The summed E-state index contributed by atoms with van der Waals surface area (Å²) in [6.45, 7) is 12.6. The first kappa shape index (κ1) is 27.8. The van der Waals surface area contributed by atoms with E-state index in [1.54, 1.807) is 0 Å². The van der Waals surface area contributed by atoms with Gasteiger partial charge in [-0.25, -0.2) is 0 Å². The molecular formula is C32H48O3. The lowest BCUT2D eigenvalue weighted by atomic mass is 9.70. The van der Waals surface area contributed by atoms with Crippen LogP contribution in [0.5, 0.6) is 0 Å². The summed E-state index contributed by atoms with van der Waals surface area (Å²) in [5.74, 6) is 2.88. The Bertz CT molecular complexity index is 906. The molecule has 35 heavy (non-hydrogen) atoms. The molecule has 2 aliphatic carbocycles. The summed E-state index contributed by atoms with van der Waals surface area (Å²) in [6.07, 6.45) is 10.5. The van der Waals surface area contributed by atoms with Gasteiger partial charge in [-0.2, -0.15) is 0 Å². The molecule has 0 saturated heterocycles. The molecule has 194 valence electrons. The average molecular weight is 481 g/mol. The molecule has 0 spiro atoms. The Kier molecular flexibility index (Phi) is 9.90. The lowest BCUT2D eigenvalue weighted by Gasteiger charge is -2.34. The molecular weight excluding hydrogens is 432 g/mol. The second-order valence-corrected chi connectivity index (χ2v) is 12.0. The third kappa shape index (κ3) is 6.71. The van der Waals surface area contributed by atoms with Crippen LogP contribution in [0, 0.1) is 36.5 Å².